The van der Waals surface area contributed by atoms with Gasteiger partial charge in [0.2, 0.25) is 0 Å². The summed E-state index contributed by atoms with van der Waals surface area (Å²) in [5.74, 6) is -0.123. The lowest BCUT2D eigenvalue weighted by atomic mass is 10.2. The minimum atomic E-state index is -4.73. The number of hydrogen-bond donors (Lipinski definition) is 0. The molecule has 0 unspecified atom stereocenters. The van der Waals surface area contributed by atoms with Gasteiger partial charge in [-0.05, 0) is 31.0 Å². The van der Waals surface area contributed by atoms with Crippen molar-refractivity contribution in [1.82, 2.24) is 9.38 Å². The molecule has 0 fully saturated rings. The molecule has 0 atom stereocenters. The molecule has 2 heterocycles. The molecule has 0 aliphatic rings. The fourth-order valence-electron chi connectivity index (χ4n) is 2.63. The van der Waals surface area contributed by atoms with Gasteiger partial charge >= 0.3 is 6.18 Å². The van der Waals surface area contributed by atoms with Crippen LogP contribution in [0.15, 0.2) is 51.3 Å². The summed E-state index contributed by atoms with van der Waals surface area (Å²) in [6.07, 6.45) is -2.49. The van der Waals surface area contributed by atoms with E-state index >= 15 is 0 Å². The van der Waals surface area contributed by atoms with Gasteiger partial charge in [0, 0.05) is 31.1 Å². The molecule has 0 saturated heterocycles. The Kier molecular flexibility index (Phi) is 6.11. The molecular formula is C19H14F4N4O2S. The highest BCUT2D eigenvalue weighted by atomic mass is 32.1. The van der Waals surface area contributed by atoms with E-state index < -0.39 is 28.1 Å². The Morgan fingerprint density at radius 3 is 2.63 bits per heavy atom. The van der Waals surface area contributed by atoms with E-state index in [2.05, 4.69) is 21.7 Å². The average molecular weight is 438 g/mol. The molecule has 1 aromatic carbocycles. The zero-order valence-corrected chi connectivity index (χ0v) is 16.3. The van der Waals surface area contributed by atoms with Crippen molar-refractivity contribution in [1.29, 1.82) is 0 Å². The van der Waals surface area contributed by atoms with Gasteiger partial charge in [0.15, 0.2) is 4.96 Å². The van der Waals surface area contributed by atoms with Crippen molar-refractivity contribution in [3.8, 4) is 5.75 Å². The predicted octanol–water partition coefficient (Wildman–Crippen LogP) is 4.24. The maximum atomic E-state index is 13.7. The third kappa shape index (κ3) is 4.46. The second kappa shape index (κ2) is 8.57. The smallest absolute Gasteiger partial charge is 0.427 e. The Balaban J connectivity index is 2.10. The van der Waals surface area contributed by atoms with Crippen molar-refractivity contribution in [2.24, 2.45) is 9.98 Å². The van der Waals surface area contributed by atoms with E-state index in [4.69, 9.17) is 4.74 Å². The number of fused-ring (bicyclic) bond motifs is 1. The summed E-state index contributed by atoms with van der Waals surface area (Å²) in [6.45, 7) is 3.07. The second-order valence-electron chi connectivity index (χ2n) is 5.88. The molecule has 0 spiro atoms. The second-order valence-corrected chi connectivity index (χ2v) is 6.86. The Morgan fingerprint density at radius 1 is 1.33 bits per heavy atom. The Hall–Kier alpha value is -3.34. The largest absolute Gasteiger partial charge is 0.487 e. The Labute approximate surface area is 171 Å². The third-order valence-electron chi connectivity index (χ3n) is 3.80. The van der Waals surface area contributed by atoms with E-state index in [1.165, 1.54) is 31.3 Å². The van der Waals surface area contributed by atoms with Crippen LogP contribution in [0.1, 0.15) is 16.3 Å². The molecule has 0 N–H and O–H groups in total. The first-order chi connectivity index (χ1) is 14.2. The summed E-state index contributed by atoms with van der Waals surface area (Å²) >= 11 is 0.320. The molecule has 0 bridgehead atoms. The van der Waals surface area contributed by atoms with Crippen molar-refractivity contribution in [2.45, 2.75) is 12.8 Å². The zero-order chi connectivity index (χ0) is 21.9. The molecule has 0 saturated carbocycles. The number of ether oxygens (including phenoxy) is 1. The van der Waals surface area contributed by atoms with Gasteiger partial charge in [0.1, 0.15) is 23.1 Å². The Morgan fingerprint density at radius 2 is 2.03 bits per heavy atom. The van der Waals surface area contributed by atoms with E-state index in [0.717, 1.165) is 22.9 Å². The lowest BCUT2D eigenvalue weighted by molar-refractivity contribution is -0.134. The summed E-state index contributed by atoms with van der Waals surface area (Å²) in [7, 11) is 1.38. The normalized spacial score (nSPS) is 12.6. The van der Waals surface area contributed by atoms with Gasteiger partial charge in [0.25, 0.3) is 5.56 Å². The van der Waals surface area contributed by atoms with Crippen molar-refractivity contribution in [3.63, 3.8) is 0 Å². The van der Waals surface area contributed by atoms with E-state index in [-0.39, 0.29) is 22.8 Å². The molecule has 30 heavy (non-hydrogen) atoms. The summed E-state index contributed by atoms with van der Waals surface area (Å²) < 4.78 is 60.2. The highest BCUT2D eigenvalue weighted by molar-refractivity contribution is 7.17. The van der Waals surface area contributed by atoms with Crippen LogP contribution in [0.3, 0.4) is 0 Å². The molecule has 2 aromatic heterocycles. The number of benzene rings is 1. The highest BCUT2D eigenvalue weighted by Gasteiger charge is 2.38. The van der Waals surface area contributed by atoms with Gasteiger partial charge in [-0.1, -0.05) is 11.3 Å². The number of thiazole rings is 1. The number of rotatable bonds is 6. The highest BCUT2D eigenvalue weighted by Crippen LogP contribution is 2.39. The molecule has 0 amide bonds. The van der Waals surface area contributed by atoms with Gasteiger partial charge in [-0.25, -0.2) is 9.37 Å². The minimum absolute atomic E-state index is 0.0368. The van der Waals surface area contributed by atoms with Crippen molar-refractivity contribution in [3.05, 3.63) is 69.0 Å². The number of aliphatic imine (C=N–C) groups is 2. The van der Waals surface area contributed by atoms with Crippen LogP contribution in [-0.2, 0) is 12.8 Å². The van der Waals surface area contributed by atoms with E-state index in [1.807, 2.05) is 0 Å². The summed E-state index contributed by atoms with van der Waals surface area (Å²) in [6, 6.07) is 6.23. The van der Waals surface area contributed by atoms with Crippen LogP contribution >= 0.6 is 11.3 Å². The number of alkyl halides is 3. The number of halogens is 4. The number of hydrogen-bond acceptors (Lipinski definition) is 6. The van der Waals surface area contributed by atoms with Crippen molar-refractivity contribution >= 4 is 34.8 Å². The molecule has 0 aliphatic heterocycles. The molecule has 3 rings (SSSR count). The quantitative estimate of drug-likeness (QED) is 0.427. The van der Waals surface area contributed by atoms with Gasteiger partial charge in [0.05, 0.1) is 11.4 Å². The molecule has 11 heteroatoms. The first kappa shape index (κ1) is 21.4. The predicted molar refractivity (Wildman–Crippen MR) is 107 cm³/mol. The number of aromatic nitrogens is 2. The third-order valence-corrected chi connectivity index (χ3v) is 4.89. The molecule has 6 nitrogen and oxygen atoms in total. The topological polar surface area (TPSA) is 68.3 Å². The van der Waals surface area contributed by atoms with Gasteiger partial charge in [-0.2, -0.15) is 13.2 Å². The molecule has 0 radical (unpaired) electrons. The number of allylic oxidation sites excluding steroid dienone is 1. The van der Waals surface area contributed by atoms with Crippen molar-refractivity contribution < 1.29 is 22.3 Å². The SMILES string of the molecule is C=N/C=C(\C=NC)c1c(C(F)(F)F)sc2nc(COc3ccc(F)cc3)cc(=O)n12. The molecular weight excluding hydrogens is 424 g/mol. The van der Waals surface area contributed by atoms with E-state index in [0.29, 0.717) is 17.1 Å². The van der Waals surface area contributed by atoms with Gasteiger partial charge in [-0.15, -0.1) is 0 Å². The van der Waals surface area contributed by atoms with E-state index in [1.54, 1.807) is 0 Å². The minimum Gasteiger partial charge on any atom is -0.487 e. The lowest BCUT2D eigenvalue weighted by Gasteiger charge is -2.08. The van der Waals surface area contributed by atoms with E-state index in [9.17, 15) is 22.4 Å². The fourth-order valence-corrected chi connectivity index (χ4v) is 3.67. The van der Waals surface area contributed by atoms with Crippen LogP contribution in [0, 0.1) is 5.82 Å². The van der Waals surface area contributed by atoms with Crippen LogP contribution < -0.4 is 10.3 Å². The van der Waals surface area contributed by atoms with Crippen molar-refractivity contribution in [2.75, 3.05) is 7.05 Å². The standard InChI is InChI=1S/C19H14F4N4O2S/c1-24-8-11(9-25-2)16-17(19(21,22)23)30-18-26-13(7-15(28)27(16)18)10-29-14-5-3-12(20)4-6-14/h3-9H,1,10H2,2H3/b11-8+,25-9?. The van der Waals surface area contributed by atoms with Crippen LogP contribution in [0.4, 0.5) is 17.6 Å². The molecule has 0 aliphatic carbocycles. The maximum absolute atomic E-state index is 13.7. The van der Waals surface area contributed by atoms with Crippen LogP contribution in [0.25, 0.3) is 10.5 Å². The average Bonchev–Trinajstić information content (AvgIpc) is 3.08. The lowest BCUT2D eigenvalue weighted by Crippen LogP contribution is -2.18. The first-order valence-electron chi connectivity index (χ1n) is 8.34. The monoisotopic (exact) mass is 438 g/mol. The molecule has 3 aromatic rings. The fraction of sp³-hybridized carbons (Fsp3) is 0.158. The number of nitrogens with zero attached hydrogens (tertiary/aromatic N) is 4. The summed E-state index contributed by atoms with van der Waals surface area (Å²) in [5, 5.41) is 0. The summed E-state index contributed by atoms with van der Waals surface area (Å²) in [4.78, 5) is 22.9. The Bertz CT molecular complexity index is 1190. The zero-order valence-electron chi connectivity index (χ0n) is 15.5. The van der Waals surface area contributed by atoms with Gasteiger partial charge in [-0.3, -0.25) is 19.2 Å². The van der Waals surface area contributed by atoms with Crippen LogP contribution in [0.5, 0.6) is 5.75 Å². The first-order valence-corrected chi connectivity index (χ1v) is 9.16. The maximum Gasteiger partial charge on any atom is 0.427 e. The van der Waals surface area contributed by atoms with Crippen LogP contribution in [0.2, 0.25) is 0 Å². The summed E-state index contributed by atoms with van der Waals surface area (Å²) in [5.41, 5.74) is -1.05. The van der Waals surface area contributed by atoms with Gasteiger partial charge < -0.3 is 4.74 Å². The molecule has 156 valence electrons. The van der Waals surface area contributed by atoms with Crippen LogP contribution in [-0.4, -0.2) is 29.4 Å².